The molecule has 2 N–H and O–H groups in total. The molecule has 1 amide bonds. The Hall–Kier alpha value is -3.05. The van der Waals surface area contributed by atoms with Gasteiger partial charge in [-0.05, 0) is 35.9 Å². The minimum absolute atomic E-state index is 0.0780. The van der Waals surface area contributed by atoms with Crippen molar-refractivity contribution < 1.29 is 19.1 Å². The standard InChI is InChI=1S/C20H19NO4/c22-13-17-6-1-2-9-19(17)25-14-15-5-3-7-16(11-15)20(23)21-12-18-8-4-10-24-18/h1-11,22H,12-14H2,(H,21,23). The van der Waals surface area contributed by atoms with Gasteiger partial charge in [0.25, 0.3) is 5.91 Å². The lowest BCUT2D eigenvalue weighted by molar-refractivity contribution is 0.0948. The monoisotopic (exact) mass is 337 g/mol. The minimum atomic E-state index is -0.172. The summed E-state index contributed by atoms with van der Waals surface area (Å²) in [6, 6.07) is 18.2. The number of amides is 1. The van der Waals surface area contributed by atoms with Crippen LogP contribution in [0.1, 0.15) is 27.2 Å². The van der Waals surface area contributed by atoms with Crippen LogP contribution in [-0.2, 0) is 19.8 Å². The number of carbonyl (C=O) groups excluding carboxylic acids is 1. The van der Waals surface area contributed by atoms with Crippen molar-refractivity contribution in [2.75, 3.05) is 0 Å². The first-order valence-electron chi connectivity index (χ1n) is 7.97. The predicted octanol–water partition coefficient (Wildman–Crippen LogP) is 3.28. The average Bonchev–Trinajstić information content (AvgIpc) is 3.18. The molecule has 3 rings (SSSR count). The highest BCUT2D eigenvalue weighted by molar-refractivity contribution is 5.94. The van der Waals surface area contributed by atoms with Crippen molar-refractivity contribution in [2.45, 2.75) is 19.8 Å². The van der Waals surface area contributed by atoms with Crippen molar-refractivity contribution in [3.63, 3.8) is 0 Å². The van der Waals surface area contributed by atoms with Gasteiger partial charge in [-0.15, -0.1) is 0 Å². The van der Waals surface area contributed by atoms with E-state index >= 15 is 0 Å². The number of aliphatic hydroxyl groups excluding tert-OH is 1. The summed E-state index contributed by atoms with van der Waals surface area (Å²) in [6.45, 7) is 0.581. The smallest absolute Gasteiger partial charge is 0.251 e. The van der Waals surface area contributed by atoms with Gasteiger partial charge in [0.05, 0.1) is 19.4 Å². The zero-order chi connectivity index (χ0) is 17.5. The van der Waals surface area contributed by atoms with E-state index < -0.39 is 0 Å². The van der Waals surface area contributed by atoms with E-state index in [2.05, 4.69) is 5.32 Å². The molecule has 0 spiro atoms. The molecule has 0 bridgehead atoms. The molecule has 0 fully saturated rings. The van der Waals surface area contributed by atoms with E-state index in [0.717, 1.165) is 11.1 Å². The first-order chi connectivity index (χ1) is 12.3. The second-order valence-electron chi connectivity index (χ2n) is 5.52. The molecule has 128 valence electrons. The quantitative estimate of drug-likeness (QED) is 0.694. The number of rotatable bonds is 7. The van der Waals surface area contributed by atoms with Gasteiger partial charge in [0.2, 0.25) is 0 Å². The summed E-state index contributed by atoms with van der Waals surface area (Å²) < 4.78 is 11.0. The van der Waals surface area contributed by atoms with Crippen LogP contribution in [0.2, 0.25) is 0 Å². The third-order valence-electron chi connectivity index (χ3n) is 3.73. The second-order valence-corrected chi connectivity index (χ2v) is 5.52. The molecule has 1 heterocycles. The van der Waals surface area contributed by atoms with Gasteiger partial charge in [0, 0.05) is 11.1 Å². The highest BCUT2D eigenvalue weighted by Crippen LogP contribution is 2.19. The third-order valence-corrected chi connectivity index (χ3v) is 3.73. The summed E-state index contributed by atoms with van der Waals surface area (Å²) in [5.74, 6) is 1.17. The predicted molar refractivity (Wildman–Crippen MR) is 93.0 cm³/mol. The molecule has 0 saturated carbocycles. The van der Waals surface area contributed by atoms with Crippen LogP contribution in [0.3, 0.4) is 0 Å². The van der Waals surface area contributed by atoms with Gasteiger partial charge in [-0.2, -0.15) is 0 Å². The molecule has 5 heteroatoms. The van der Waals surface area contributed by atoms with Crippen molar-refractivity contribution in [2.24, 2.45) is 0 Å². The number of aliphatic hydroxyl groups is 1. The van der Waals surface area contributed by atoms with E-state index in [0.29, 0.717) is 30.2 Å². The molecule has 0 unspecified atom stereocenters. The van der Waals surface area contributed by atoms with E-state index in [-0.39, 0.29) is 12.5 Å². The van der Waals surface area contributed by atoms with Crippen molar-refractivity contribution in [1.82, 2.24) is 5.32 Å². The van der Waals surface area contributed by atoms with Gasteiger partial charge in [-0.1, -0.05) is 30.3 Å². The first kappa shape index (κ1) is 16.8. The molecule has 1 aromatic heterocycles. The number of ether oxygens (including phenoxy) is 1. The lowest BCUT2D eigenvalue weighted by Crippen LogP contribution is -2.22. The molecule has 25 heavy (non-hydrogen) atoms. The number of hydrogen-bond acceptors (Lipinski definition) is 4. The van der Waals surface area contributed by atoms with Crippen molar-refractivity contribution in [3.05, 3.63) is 89.4 Å². The molecule has 2 aromatic carbocycles. The number of para-hydroxylation sites is 1. The lowest BCUT2D eigenvalue weighted by Gasteiger charge is -2.11. The summed E-state index contributed by atoms with van der Waals surface area (Å²) >= 11 is 0. The van der Waals surface area contributed by atoms with Crippen molar-refractivity contribution in [1.29, 1.82) is 0 Å². The third kappa shape index (κ3) is 4.49. The van der Waals surface area contributed by atoms with Crippen LogP contribution in [0.4, 0.5) is 0 Å². The minimum Gasteiger partial charge on any atom is -0.489 e. The molecule has 5 nitrogen and oxygen atoms in total. The number of furan rings is 1. The maximum absolute atomic E-state index is 12.2. The Bertz CT molecular complexity index is 827. The van der Waals surface area contributed by atoms with Crippen LogP contribution >= 0.6 is 0 Å². The highest BCUT2D eigenvalue weighted by Gasteiger charge is 2.08. The van der Waals surface area contributed by atoms with Crippen molar-refractivity contribution in [3.8, 4) is 5.75 Å². The maximum Gasteiger partial charge on any atom is 0.251 e. The molecule has 0 saturated heterocycles. The van der Waals surface area contributed by atoms with E-state index in [1.807, 2.05) is 42.5 Å². The maximum atomic E-state index is 12.2. The van der Waals surface area contributed by atoms with Crippen LogP contribution in [0.25, 0.3) is 0 Å². The Kier molecular flexibility index (Phi) is 5.49. The van der Waals surface area contributed by atoms with Crippen molar-refractivity contribution >= 4 is 5.91 Å². The van der Waals surface area contributed by atoms with E-state index in [9.17, 15) is 9.90 Å². The molecule has 0 aliphatic rings. The average molecular weight is 337 g/mol. The number of carbonyl (C=O) groups is 1. The number of hydrogen-bond donors (Lipinski definition) is 2. The first-order valence-corrected chi connectivity index (χ1v) is 7.97. The van der Waals surface area contributed by atoms with E-state index in [1.54, 1.807) is 24.5 Å². The lowest BCUT2D eigenvalue weighted by atomic mass is 10.1. The zero-order valence-electron chi connectivity index (χ0n) is 13.6. The van der Waals surface area contributed by atoms with Crippen LogP contribution in [0, 0.1) is 0 Å². The fourth-order valence-corrected chi connectivity index (χ4v) is 2.42. The number of benzene rings is 2. The summed E-state index contributed by atoms with van der Waals surface area (Å²) in [4.78, 5) is 12.2. The van der Waals surface area contributed by atoms with Crippen LogP contribution in [0.15, 0.2) is 71.3 Å². The molecular formula is C20H19NO4. The topological polar surface area (TPSA) is 71.7 Å². The fraction of sp³-hybridized carbons (Fsp3) is 0.150. The number of nitrogens with one attached hydrogen (secondary N) is 1. The van der Waals surface area contributed by atoms with Gasteiger partial charge in [-0.25, -0.2) is 0 Å². The van der Waals surface area contributed by atoms with Crippen LogP contribution in [-0.4, -0.2) is 11.0 Å². The summed E-state index contributed by atoms with van der Waals surface area (Å²) in [6.07, 6.45) is 1.57. The van der Waals surface area contributed by atoms with E-state index in [4.69, 9.17) is 9.15 Å². The second kappa shape index (κ2) is 8.17. The normalized spacial score (nSPS) is 10.4. The van der Waals surface area contributed by atoms with Gasteiger partial charge in [0.1, 0.15) is 18.1 Å². The van der Waals surface area contributed by atoms with Crippen LogP contribution < -0.4 is 10.1 Å². The Labute approximate surface area is 145 Å². The highest BCUT2D eigenvalue weighted by atomic mass is 16.5. The molecular weight excluding hydrogens is 318 g/mol. The molecule has 3 aromatic rings. The summed E-state index contributed by atoms with van der Waals surface area (Å²) in [5, 5.41) is 12.1. The van der Waals surface area contributed by atoms with Gasteiger partial charge in [0.15, 0.2) is 0 Å². The molecule has 0 aliphatic carbocycles. The molecule has 0 atom stereocenters. The Morgan fingerprint density at radius 2 is 1.96 bits per heavy atom. The SMILES string of the molecule is O=C(NCc1ccco1)c1cccc(COc2ccccc2CO)c1. The zero-order valence-corrected chi connectivity index (χ0v) is 13.6. The van der Waals surface area contributed by atoms with Gasteiger partial charge in [-0.3, -0.25) is 4.79 Å². The van der Waals surface area contributed by atoms with Gasteiger partial charge >= 0.3 is 0 Å². The summed E-state index contributed by atoms with van der Waals surface area (Å²) in [5.41, 5.74) is 2.16. The Balaban J connectivity index is 1.61. The van der Waals surface area contributed by atoms with Gasteiger partial charge < -0.3 is 19.6 Å². The van der Waals surface area contributed by atoms with E-state index in [1.165, 1.54) is 0 Å². The molecule has 0 aliphatic heterocycles. The fourth-order valence-electron chi connectivity index (χ4n) is 2.42. The Morgan fingerprint density at radius 1 is 1.08 bits per heavy atom. The Morgan fingerprint density at radius 3 is 2.76 bits per heavy atom. The largest absolute Gasteiger partial charge is 0.489 e. The van der Waals surface area contributed by atoms with Crippen LogP contribution in [0.5, 0.6) is 5.75 Å². The summed E-state index contributed by atoms with van der Waals surface area (Å²) in [7, 11) is 0. The molecule has 0 radical (unpaired) electrons.